The maximum absolute atomic E-state index is 6.12. The lowest BCUT2D eigenvalue weighted by Gasteiger charge is -2.12. The van der Waals surface area contributed by atoms with Gasteiger partial charge in [-0.1, -0.05) is 11.6 Å². The maximum atomic E-state index is 6.12. The van der Waals surface area contributed by atoms with E-state index < -0.39 is 0 Å². The summed E-state index contributed by atoms with van der Waals surface area (Å²) in [7, 11) is 0. The van der Waals surface area contributed by atoms with E-state index in [1.54, 1.807) is 12.4 Å². The number of fused-ring (bicyclic) bond motifs is 1. The topological polar surface area (TPSA) is 72.8 Å². The molecule has 0 radical (unpaired) electrons. The molecular formula is C19H13BrClN5O. The van der Waals surface area contributed by atoms with Crippen molar-refractivity contribution < 1.29 is 4.74 Å². The van der Waals surface area contributed by atoms with Gasteiger partial charge in [0.15, 0.2) is 5.82 Å². The van der Waals surface area contributed by atoms with Crippen LogP contribution in [0.3, 0.4) is 0 Å². The minimum Gasteiger partial charge on any atom is -0.455 e. The molecule has 6 nitrogen and oxygen atoms in total. The van der Waals surface area contributed by atoms with E-state index >= 15 is 0 Å². The minimum absolute atomic E-state index is 0.358. The third kappa shape index (κ3) is 3.84. The number of ether oxygens (including phenoxy) is 1. The van der Waals surface area contributed by atoms with Crippen LogP contribution < -0.4 is 10.1 Å². The second-order valence-corrected chi connectivity index (χ2v) is 6.96. The van der Waals surface area contributed by atoms with Crippen LogP contribution in [-0.4, -0.2) is 19.9 Å². The van der Waals surface area contributed by atoms with Crippen LogP contribution in [0.5, 0.6) is 11.5 Å². The van der Waals surface area contributed by atoms with Crippen LogP contribution in [-0.2, 0) is 0 Å². The zero-order chi connectivity index (χ0) is 18.8. The molecule has 8 heteroatoms. The Balaban J connectivity index is 1.63. The number of hydrogen-bond donors (Lipinski definition) is 1. The van der Waals surface area contributed by atoms with Crippen molar-refractivity contribution in [2.24, 2.45) is 0 Å². The second kappa shape index (κ2) is 7.46. The molecular weight excluding hydrogens is 430 g/mol. The maximum Gasteiger partial charge on any atom is 0.160 e. The Morgan fingerprint density at radius 3 is 2.81 bits per heavy atom. The lowest BCUT2D eigenvalue weighted by molar-refractivity contribution is 0.476. The smallest absolute Gasteiger partial charge is 0.160 e. The summed E-state index contributed by atoms with van der Waals surface area (Å²) in [5, 5.41) is 3.63. The Morgan fingerprint density at radius 1 is 1.15 bits per heavy atom. The first-order valence-corrected chi connectivity index (χ1v) is 9.19. The van der Waals surface area contributed by atoms with Crippen molar-refractivity contribution in [2.75, 3.05) is 5.32 Å². The van der Waals surface area contributed by atoms with Gasteiger partial charge in [0.1, 0.15) is 28.5 Å². The highest BCUT2D eigenvalue weighted by molar-refractivity contribution is 9.10. The lowest BCUT2D eigenvalue weighted by atomic mass is 10.2. The van der Waals surface area contributed by atoms with Gasteiger partial charge in [0.25, 0.3) is 0 Å². The van der Waals surface area contributed by atoms with E-state index in [1.165, 1.54) is 6.33 Å². The Hall–Kier alpha value is -2.77. The number of aryl methyl sites for hydroxylation is 1. The molecule has 0 unspecified atom stereocenters. The summed E-state index contributed by atoms with van der Waals surface area (Å²) in [5.74, 6) is 2.02. The molecule has 4 aromatic rings. The van der Waals surface area contributed by atoms with Crippen molar-refractivity contribution in [1.82, 2.24) is 19.9 Å². The zero-order valence-corrected chi connectivity index (χ0v) is 16.5. The molecule has 0 aliphatic carbocycles. The van der Waals surface area contributed by atoms with Crippen molar-refractivity contribution in [1.29, 1.82) is 0 Å². The summed E-state index contributed by atoms with van der Waals surface area (Å²) in [6.07, 6.45) is 4.86. The van der Waals surface area contributed by atoms with E-state index in [4.69, 9.17) is 16.3 Å². The van der Waals surface area contributed by atoms with Crippen LogP contribution in [0.1, 0.15) is 5.56 Å². The molecule has 0 spiro atoms. The van der Waals surface area contributed by atoms with Gasteiger partial charge in [0.05, 0.1) is 16.2 Å². The predicted molar refractivity (Wildman–Crippen MR) is 109 cm³/mol. The summed E-state index contributed by atoms with van der Waals surface area (Å²) in [5.41, 5.74) is 3.11. The van der Waals surface area contributed by atoms with Gasteiger partial charge in [-0.15, -0.1) is 0 Å². The van der Waals surface area contributed by atoms with Gasteiger partial charge in [0.2, 0.25) is 0 Å². The normalized spacial score (nSPS) is 10.8. The van der Waals surface area contributed by atoms with Crippen molar-refractivity contribution >= 4 is 50.1 Å². The average Bonchev–Trinajstić information content (AvgIpc) is 2.66. The number of rotatable bonds is 4. The fourth-order valence-corrected chi connectivity index (χ4v) is 2.99. The van der Waals surface area contributed by atoms with Crippen molar-refractivity contribution in [3.05, 3.63) is 70.3 Å². The van der Waals surface area contributed by atoms with E-state index in [0.29, 0.717) is 32.2 Å². The van der Waals surface area contributed by atoms with Crippen LogP contribution in [0.15, 0.2) is 59.6 Å². The van der Waals surface area contributed by atoms with Crippen molar-refractivity contribution in [3.8, 4) is 11.5 Å². The monoisotopic (exact) mass is 441 g/mol. The molecule has 0 amide bonds. The highest BCUT2D eigenvalue weighted by Gasteiger charge is 2.10. The standard InChI is InChI=1S/C19H13BrClN5O/c1-11-7-12(4-5-16(11)27-13-3-2-6-22-9-13)25-19-17-15(23-10-24-19)8-14(20)18(21)26-17/h2-10H,1H3,(H,23,24,25). The van der Waals surface area contributed by atoms with Crippen molar-refractivity contribution in [2.45, 2.75) is 6.92 Å². The number of benzene rings is 1. The second-order valence-electron chi connectivity index (χ2n) is 5.75. The summed E-state index contributed by atoms with van der Waals surface area (Å²) in [6.45, 7) is 1.97. The minimum atomic E-state index is 0.358. The molecule has 0 saturated heterocycles. The third-order valence-corrected chi connectivity index (χ3v) is 4.94. The molecule has 3 heterocycles. The van der Waals surface area contributed by atoms with E-state index in [9.17, 15) is 0 Å². The van der Waals surface area contributed by atoms with E-state index in [1.807, 2.05) is 43.3 Å². The Bertz CT molecular complexity index is 1120. The Labute approximate surface area is 168 Å². The van der Waals surface area contributed by atoms with Crippen LogP contribution >= 0.6 is 27.5 Å². The number of pyridine rings is 2. The van der Waals surface area contributed by atoms with E-state index in [0.717, 1.165) is 17.0 Å². The number of hydrogen-bond acceptors (Lipinski definition) is 6. The average molecular weight is 443 g/mol. The number of halogens is 2. The SMILES string of the molecule is Cc1cc(Nc2ncnc3cc(Br)c(Cl)nc23)ccc1Oc1cccnc1. The predicted octanol–water partition coefficient (Wildman–Crippen LogP) is 5.68. The molecule has 0 fully saturated rings. The highest BCUT2D eigenvalue weighted by atomic mass is 79.9. The Morgan fingerprint density at radius 2 is 2.04 bits per heavy atom. The summed E-state index contributed by atoms with van der Waals surface area (Å²) in [6, 6.07) is 11.3. The van der Waals surface area contributed by atoms with E-state index in [-0.39, 0.29) is 0 Å². The molecule has 134 valence electrons. The van der Waals surface area contributed by atoms with Gasteiger partial charge in [-0.2, -0.15) is 0 Å². The molecule has 27 heavy (non-hydrogen) atoms. The first-order valence-electron chi connectivity index (χ1n) is 8.02. The van der Waals surface area contributed by atoms with Gasteiger partial charge in [0, 0.05) is 11.9 Å². The van der Waals surface area contributed by atoms with E-state index in [2.05, 4.69) is 41.2 Å². The van der Waals surface area contributed by atoms with Gasteiger partial charge >= 0.3 is 0 Å². The first kappa shape index (κ1) is 17.6. The lowest BCUT2D eigenvalue weighted by Crippen LogP contribution is -1.99. The summed E-state index contributed by atoms with van der Waals surface area (Å²) < 4.78 is 6.55. The van der Waals surface area contributed by atoms with Gasteiger partial charge in [-0.3, -0.25) is 4.98 Å². The fourth-order valence-electron chi connectivity index (χ4n) is 2.54. The zero-order valence-electron chi connectivity index (χ0n) is 14.1. The van der Waals surface area contributed by atoms with Crippen LogP contribution in [0.25, 0.3) is 11.0 Å². The molecule has 4 rings (SSSR count). The number of anilines is 2. The molecule has 1 N–H and O–H groups in total. The largest absolute Gasteiger partial charge is 0.455 e. The van der Waals surface area contributed by atoms with Crippen LogP contribution in [0.4, 0.5) is 11.5 Å². The molecule has 0 bridgehead atoms. The van der Waals surface area contributed by atoms with Crippen LogP contribution in [0.2, 0.25) is 5.15 Å². The van der Waals surface area contributed by atoms with Crippen LogP contribution in [0, 0.1) is 6.92 Å². The molecule has 0 aliphatic rings. The summed E-state index contributed by atoms with van der Waals surface area (Å²) in [4.78, 5) is 17.0. The molecule has 0 saturated carbocycles. The molecule has 3 aromatic heterocycles. The number of nitrogens with zero attached hydrogens (tertiary/aromatic N) is 4. The number of aromatic nitrogens is 4. The summed E-state index contributed by atoms with van der Waals surface area (Å²) >= 11 is 9.48. The first-order chi connectivity index (χ1) is 13.1. The highest BCUT2D eigenvalue weighted by Crippen LogP contribution is 2.30. The quantitative estimate of drug-likeness (QED) is 0.410. The van der Waals surface area contributed by atoms with Gasteiger partial charge in [-0.25, -0.2) is 15.0 Å². The molecule has 1 aromatic carbocycles. The molecule has 0 aliphatic heterocycles. The number of nitrogens with one attached hydrogen (secondary N) is 1. The fraction of sp³-hybridized carbons (Fsp3) is 0.0526. The van der Waals surface area contributed by atoms with Crippen molar-refractivity contribution in [3.63, 3.8) is 0 Å². The van der Waals surface area contributed by atoms with Gasteiger partial charge < -0.3 is 10.1 Å². The third-order valence-electron chi connectivity index (χ3n) is 3.82. The van der Waals surface area contributed by atoms with Gasteiger partial charge in [-0.05, 0) is 64.8 Å². The Kier molecular flexibility index (Phi) is 4.87. The molecule has 0 atom stereocenters.